The predicted molar refractivity (Wildman–Crippen MR) is 196 cm³/mol. The lowest BCUT2D eigenvalue weighted by Gasteiger charge is -2.31. The van der Waals surface area contributed by atoms with E-state index in [0.717, 1.165) is 101 Å². The van der Waals surface area contributed by atoms with Gasteiger partial charge in [-0.05, 0) is 81.4 Å². The Balaban J connectivity index is 1.76. The number of benzene rings is 2. The summed E-state index contributed by atoms with van der Waals surface area (Å²) in [7, 11) is 3.18. The average molecular weight is 687 g/mol. The van der Waals surface area contributed by atoms with Gasteiger partial charge in [-0.2, -0.15) is 0 Å². The van der Waals surface area contributed by atoms with Crippen molar-refractivity contribution in [1.29, 1.82) is 0 Å². The van der Waals surface area contributed by atoms with Gasteiger partial charge < -0.3 is 17.7 Å². The first-order valence-corrected chi connectivity index (χ1v) is 25.4. The van der Waals surface area contributed by atoms with E-state index in [-0.39, 0.29) is 0 Å². The highest BCUT2D eigenvalue weighted by Gasteiger charge is 2.38. The highest BCUT2D eigenvalue weighted by atomic mass is 33.7. The summed E-state index contributed by atoms with van der Waals surface area (Å²) < 4.78 is 26.2. The van der Waals surface area contributed by atoms with E-state index in [1.807, 2.05) is 41.2 Å². The standard InChI is InChI=1S/C32H54O4S4Si2/c1-5-21-33-41(34-22-6-2,29-31-17-11-9-12-18-31)27-15-25-37-39-40-38-26-16-28-42(35-23-7-3,36-24-8-4)30-32-19-13-10-14-20-32/h9-14,17-20H,5-8,15-16,21-30H2,1-4H3. The second-order valence-electron chi connectivity index (χ2n) is 10.5. The van der Waals surface area contributed by atoms with Crippen LogP contribution in [0.5, 0.6) is 0 Å². The molecule has 0 unspecified atom stereocenters. The summed E-state index contributed by atoms with van der Waals surface area (Å²) in [5, 5.41) is 0. The summed E-state index contributed by atoms with van der Waals surface area (Å²) in [6.45, 7) is 11.9. The Morgan fingerprint density at radius 1 is 0.500 bits per heavy atom. The van der Waals surface area contributed by atoms with Crippen LogP contribution >= 0.6 is 41.2 Å². The zero-order valence-electron chi connectivity index (χ0n) is 26.4. The Hall–Kier alpha value is 0.114. The van der Waals surface area contributed by atoms with Crippen LogP contribution in [-0.4, -0.2) is 55.1 Å². The Morgan fingerprint density at radius 3 is 1.14 bits per heavy atom. The van der Waals surface area contributed by atoms with Crippen LogP contribution in [0.15, 0.2) is 60.7 Å². The van der Waals surface area contributed by atoms with Gasteiger partial charge in [-0.3, -0.25) is 0 Å². The summed E-state index contributed by atoms with van der Waals surface area (Å²) in [4.78, 5) is 0. The molecule has 238 valence electrons. The molecule has 0 saturated heterocycles. The van der Waals surface area contributed by atoms with Gasteiger partial charge >= 0.3 is 17.1 Å². The van der Waals surface area contributed by atoms with Crippen LogP contribution < -0.4 is 0 Å². The maximum atomic E-state index is 6.54. The number of rotatable bonds is 27. The third-order valence-electron chi connectivity index (χ3n) is 6.60. The summed E-state index contributed by atoms with van der Waals surface area (Å²) in [5.41, 5.74) is 2.67. The Labute approximate surface area is 274 Å². The molecule has 0 N–H and O–H groups in total. The Kier molecular flexibility index (Phi) is 22.2. The first-order valence-electron chi connectivity index (χ1n) is 15.8. The topological polar surface area (TPSA) is 36.9 Å². The molecule has 0 atom stereocenters. The molecular formula is C32H54O4S4Si2. The highest BCUT2D eigenvalue weighted by Crippen LogP contribution is 2.44. The summed E-state index contributed by atoms with van der Waals surface area (Å²) in [6, 6.07) is 25.5. The molecule has 0 aliphatic heterocycles. The molecule has 0 spiro atoms. The molecule has 0 saturated carbocycles. The van der Waals surface area contributed by atoms with Crippen molar-refractivity contribution in [2.24, 2.45) is 0 Å². The minimum atomic E-state index is -2.28. The lowest BCUT2D eigenvalue weighted by Crippen LogP contribution is -2.45. The van der Waals surface area contributed by atoms with E-state index in [1.165, 1.54) is 11.1 Å². The van der Waals surface area contributed by atoms with Crippen LogP contribution in [0.25, 0.3) is 0 Å². The first kappa shape index (κ1) is 38.3. The normalized spacial score (nSPS) is 12.2. The molecule has 0 fully saturated rings. The Bertz CT molecular complexity index is 809. The largest absolute Gasteiger partial charge is 0.394 e. The van der Waals surface area contributed by atoms with Crippen LogP contribution in [-0.2, 0) is 29.8 Å². The van der Waals surface area contributed by atoms with Crippen molar-refractivity contribution in [2.45, 2.75) is 90.4 Å². The second kappa shape index (κ2) is 24.4. The van der Waals surface area contributed by atoms with Gasteiger partial charge in [-0.15, -0.1) is 0 Å². The van der Waals surface area contributed by atoms with Gasteiger partial charge in [0.15, 0.2) is 0 Å². The second-order valence-corrected chi connectivity index (χ2v) is 23.3. The molecule has 2 aromatic carbocycles. The van der Waals surface area contributed by atoms with E-state index < -0.39 is 17.1 Å². The van der Waals surface area contributed by atoms with Crippen LogP contribution in [0, 0.1) is 0 Å². The monoisotopic (exact) mass is 686 g/mol. The minimum absolute atomic E-state index is 0.791. The third-order valence-corrected chi connectivity index (χ3v) is 20.3. The lowest BCUT2D eigenvalue weighted by molar-refractivity contribution is 0.165. The van der Waals surface area contributed by atoms with E-state index in [0.29, 0.717) is 0 Å². The molecule has 4 nitrogen and oxygen atoms in total. The lowest BCUT2D eigenvalue weighted by atomic mass is 10.2. The van der Waals surface area contributed by atoms with E-state index in [2.05, 4.69) is 88.4 Å². The van der Waals surface area contributed by atoms with Crippen LogP contribution in [0.3, 0.4) is 0 Å². The zero-order valence-corrected chi connectivity index (χ0v) is 31.6. The maximum Gasteiger partial charge on any atom is 0.342 e. The van der Waals surface area contributed by atoms with E-state index in [1.54, 1.807) is 0 Å². The van der Waals surface area contributed by atoms with Gasteiger partial charge in [0.05, 0.1) is 0 Å². The molecule has 2 rings (SSSR count). The minimum Gasteiger partial charge on any atom is -0.394 e. The van der Waals surface area contributed by atoms with Gasteiger partial charge in [-0.1, -0.05) is 110 Å². The van der Waals surface area contributed by atoms with Gasteiger partial charge in [0.25, 0.3) is 0 Å². The predicted octanol–water partition coefficient (Wildman–Crippen LogP) is 10.6. The van der Waals surface area contributed by atoms with Crippen molar-refractivity contribution < 1.29 is 17.7 Å². The number of hydrogen-bond acceptors (Lipinski definition) is 8. The molecule has 0 aromatic heterocycles. The summed E-state index contributed by atoms with van der Waals surface area (Å²) >= 11 is 0. The molecule has 0 aliphatic carbocycles. The molecule has 10 heteroatoms. The van der Waals surface area contributed by atoms with Crippen LogP contribution in [0.1, 0.15) is 77.3 Å². The van der Waals surface area contributed by atoms with Gasteiger partial charge in [0, 0.05) is 50.0 Å². The quantitative estimate of drug-likeness (QED) is 0.0522. The van der Waals surface area contributed by atoms with E-state index in [4.69, 9.17) is 17.7 Å². The smallest absolute Gasteiger partial charge is 0.342 e. The first-order chi connectivity index (χ1) is 20.6. The summed E-state index contributed by atoms with van der Waals surface area (Å²) in [6.07, 6.45) is 6.39. The van der Waals surface area contributed by atoms with Gasteiger partial charge in [0.2, 0.25) is 0 Å². The van der Waals surface area contributed by atoms with Crippen molar-refractivity contribution in [3.8, 4) is 0 Å². The van der Waals surface area contributed by atoms with Gasteiger partial charge in [-0.25, -0.2) is 0 Å². The molecule has 0 bridgehead atoms. The molecule has 42 heavy (non-hydrogen) atoms. The molecule has 0 heterocycles. The van der Waals surface area contributed by atoms with Crippen molar-refractivity contribution >= 4 is 58.4 Å². The molecule has 0 aliphatic rings. The fraction of sp³-hybridized carbons (Fsp3) is 0.625. The molecule has 0 radical (unpaired) electrons. The van der Waals surface area contributed by atoms with Crippen molar-refractivity contribution in [3.05, 3.63) is 71.8 Å². The van der Waals surface area contributed by atoms with Crippen molar-refractivity contribution in [1.82, 2.24) is 0 Å². The van der Waals surface area contributed by atoms with Crippen molar-refractivity contribution in [3.63, 3.8) is 0 Å². The van der Waals surface area contributed by atoms with Crippen molar-refractivity contribution in [2.75, 3.05) is 37.9 Å². The SMILES string of the molecule is CCCO[Si](CCCSSSSCCC[Si](Cc1ccccc1)(OCCC)OCCC)(Cc1ccccc1)OCCC. The molecular weight excluding hydrogens is 633 g/mol. The molecule has 0 amide bonds. The van der Waals surface area contributed by atoms with Crippen LogP contribution in [0.2, 0.25) is 12.1 Å². The third kappa shape index (κ3) is 16.4. The zero-order chi connectivity index (χ0) is 30.2. The maximum absolute atomic E-state index is 6.54. The van der Waals surface area contributed by atoms with E-state index in [9.17, 15) is 0 Å². The average Bonchev–Trinajstić information content (AvgIpc) is 3.02. The van der Waals surface area contributed by atoms with E-state index >= 15 is 0 Å². The van der Waals surface area contributed by atoms with Gasteiger partial charge in [0.1, 0.15) is 0 Å². The summed E-state index contributed by atoms with van der Waals surface area (Å²) in [5.74, 6) is 2.24. The number of hydrogen-bond donors (Lipinski definition) is 0. The molecule has 2 aromatic rings. The Morgan fingerprint density at radius 2 is 0.833 bits per heavy atom. The fourth-order valence-electron chi connectivity index (χ4n) is 4.63. The van der Waals surface area contributed by atoms with Crippen LogP contribution in [0.4, 0.5) is 0 Å². The fourth-order valence-corrected chi connectivity index (χ4v) is 18.2. The highest BCUT2D eigenvalue weighted by molar-refractivity contribution is 9.26.